The van der Waals surface area contributed by atoms with Gasteiger partial charge >= 0.3 is 6.03 Å². The van der Waals surface area contributed by atoms with Crippen molar-refractivity contribution in [2.75, 3.05) is 4.90 Å². The average Bonchev–Trinajstić information content (AvgIpc) is 3.30. The predicted octanol–water partition coefficient (Wildman–Crippen LogP) is 3.73. The van der Waals surface area contributed by atoms with E-state index < -0.39 is 110 Å². The SMILES string of the molecule is NC(=O)N1C(=O)[C@H]2[C@H](CC=C3[C@H]2C[C@@]2(Cl)C(=O)N(c4c(F)c(F)c(F)c(F)c4F)C(=O)[C@@]2(Cl)[C@H]3c2ccccc2O)C1=O. The molecule has 0 radical (unpaired) electrons. The van der Waals surface area contributed by atoms with E-state index in [0.29, 0.717) is 0 Å². The summed E-state index contributed by atoms with van der Waals surface area (Å²) in [5.74, 6) is -23.7. The molecular formula is C27H16Cl2F5N3O6. The van der Waals surface area contributed by atoms with E-state index in [-0.39, 0.29) is 27.4 Å². The maximum atomic E-state index is 15.0. The first-order chi connectivity index (χ1) is 20.1. The summed E-state index contributed by atoms with van der Waals surface area (Å²) in [5.41, 5.74) is 3.30. The minimum absolute atomic E-state index is 0.113. The van der Waals surface area contributed by atoms with Gasteiger partial charge in [0.15, 0.2) is 33.0 Å². The van der Waals surface area contributed by atoms with Gasteiger partial charge in [-0.2, -0.15) is 4.90 Å². The van der Waals surface area contributed by atoms with Crippen LogP contribution in [0.3, 0.4) is 0 Å². The second-order valence-electron chi connectivity index (χ2n) is 10.6. The summed E-state index contributed by atoms with van der Waals surface area (Å²) in [6, 6.07) is 3.90. The van der Waals surface area contributed by atoms with Gasteiger partial charge in [-0.15, -0.1) is 23.2 Å². The van der Waals surface area contributed by atoms with E-state index in [0.717, 1.165) is 0 Å². The number of hydrogen-bond donors (Lipinski definition) is 2. The van der Waals surface area contributed by atoms with Crippen LogP contribution in [0.1, 0.15) is 24.3 Å². The topological polar surface area (TPSA) is 138 Å². The largest absolute Gasteiger partial charge is 0.508 e. The third kappa shape index (κ3) is 3.41. The number of halogens is 7. The van der Waals surface area contributed by atoms with Crippen LogP contribution in [0.15, 0.2) is 35.9 Å². The number of aromatic hydroxyl groups is 1. The van der Waals surface area contributed by atoms with Gasteiger partial charge in [0.1, 0.15) is 11.4 Å². The molecule has 1 saturated carbocycles. The van der Waals surface area contributed by atoms with Crippen LogP contribution in [0.2, 0.25) is 0 Å². The Bertz CT molecular complexity index is 1730. The van der Waals surface area contributed by atoms with Gasteiger partial charge in [0.25, 0.3) is 11.8 Å². The molecule has 2 aromatic carbocycles. The Labute approximate surface area is 247 Å². The number of likely N-dealkylation sites (tertiary alicyclic amines) is 1. The molecule has 6 rings (SSSR count). The highest BCUT2D eigenvalue weighted by Crippen LogP contribution is 2.66. The number of urea groups is 1. The maximum absolute atomic E-state index is 15.0. The molecule has 224 valence electrons. The van der Waals surface area contributed by atoms with Crippen LogP contribution >= 0.6 is 23.2 Å². The first-order valence-corrected chi connectivity index (χ1v) is 13.3. The van der Waals surface area contributed by atoms with E-state index in [2.05, 4.69) is 0 Å². The molecule has 0 unspecified atom stereocenters. The number of hydrogen-bond acceptors (Lipinski definition) is 6. The number of nitrogens with two attached hydrogens (primary N) is 1. The molecule has 2 aliphatic carbocycles. The van der Waals surface area contributed by atoms with Crippen LogP contribution in [0.4, 0.5) is 32.4 Å². The highest BCUT2D eigenvalue weighted by Gasteiger charge is 2.77. The molecule has 4 aliphatic rings. The summed E-state index contributed by atoms with van der Waals surface area (Å²) in [6.07, 6.45) is 0.482. The molecule has 0 spiro atoms. The highest BCUT2D eigenvalue weighted by molar-refractivity contribution is 6.58. The Morgan fingerprint density at radius 1 is 0.884 bits per heavy atom. The molecule has 16 heteroatoms. The molecule has 3 fully saturated rings. The lowest BCUT2D eigenvalue weighted by molar-refractivity contribution is -0.136. The fourth-order valence-electron chi connectivity index (χ4n) is 6.86. The van der Waals surface area contributed by atoms with Gasteiger partial charge in [0.2, 0.25) is 17.6 Å². The number of para-hydroxylation sites is 1. The fourth-order valence-corrected chi connectivity index (χ4v) is 7.79. The van der Waals surface area contributed by atoms with Crippen molar-refractivity contribution in [1.82, 2.24) is 4.90 Å². The molecule has 6 amide bonds. The molecule has 43 heavy (non-hydrogen) atoms. The number of amides is 6. The summed E-state index contributed by atoms with van der Waals surface area (Å²) in [4.78, 5) is 60.6. The van der Waals surface area contributed by atoms with Crippen molar-refractivity contribution in [3.8, 4) is 5.75 Å². The van der Waals surface area contributed by atoms with Gasteiger partial charge in [-0.3, -0.25) is 19.2 Å². The van der Waals surface area contributed by atoms with Crippen molar-refractivity contribution in [2.45, 2.75) is 28.5 Å². The van der Waals surface area contributed by atoms with E-state index in [9.17, 15) is 51.0 Å². The normalized spacial score (nSPS) is 31.7. The molecule has 2 aliphatic heterocycles. The first kappa shape index (κ1) is 29.1. The minimum Gasteiger partial charge on any atom is -0.508 e. The number of benzene rings is 2. The van der Waals surface area contributed by atoms with E-state index in [1.807, 2.05) is 0 Å². The molecule has 0 aromatic heterocycles. The lowest BCUT2D eigenvalue weighted by Crippen LogP contribution is -2.60. The van der Waals surface area contributed by atoms with Crippen molar-refractivity contribution in [2.24, 2.45) is 23.5 Å². The summed E-state index contributed by atoms with van der Waals surface area (Å²) in [7, 11) is 0. The summed E-state index contributed by atoms with van der Waals surface area (Å²) in [5, 5.41) is 10.8. The number of carbonyl (C=O) groups is 5. The molecular weight excluding hydrogens is 628 g/mol. The molecule has 9 nitrogen and oxygen atoms in total. The summed E-state index contributed by atoms with van der Waals surface area (Å²) < 4.78 is 72.2. The van der Waals surface area contributed by atoms with Gasteiger partial charge in [-0.1, -0.05) is 29.8 Å². The monoisotopic (exact) mass is 643 g/mol. The van der Waals surface area contributed by atoms with Crippen LogP contribution in [-0.2, 0) is 19.2 Å². The predicted molar refractivity (Wildman–Crippen MR) is 136 cm³/mol. The maximum Gasteiger partial charge on any atom is 0.328 e. The second kappa shape index (κ2) is 9.23. The zero-order valence-corrected chi connectivity index (χ0v) is 22.7. The molecule has 2 heterocycles. The summed E-state index contributed by atoms with van der Waals surface area (Å²) >= 11 is 13.8. The van der Waals surface area contributed by atoms with E-state index in [4.69, 9.17) is 28.9 Å². The minimum atomic E-state index is -2.77. The third-order valence-electron chi connectivity index (χ3n) is 8.69. The van der Waals surface area contributed by atoms with Gasteiger partial charge in [-0.25, -0.2) is 31.6 Å². The van der Waals surface area contributed by atoms with Crippen LogP contribution in [0.5, 0.6) is 5.75 Å². The number of alkyl halides is 2. The first-order valence-electron chi connectivity index (χ1n) is 12.5. The number of allylic oxidation sites excluding steroid dienone is 2. The van der Waals surface area contributed by atoms with Crippen molar-refractivity contribution in [3.05, 3.63) is 70.6 Å². The van der Waals surface area contributed by atoms with Crippen molar-refractivity contribution >= 4 is 58.5 Å². The fraction of sp³-hybridized carbons (Fsp3) is 0.296. The molecule has 3 N–H and O–H groups in total. The molecule has 2 saturated heterocycles. The lowest BCUT2D eigenvalue weighted by atomic mass is 9.56. The Hall–Kier alpha value is -4.04. The number of phenolic OH excluding ortho intramolecular Hbond substituents is 1. The molecule has 0 bridgehead atoms. The molecule has 2 aromatic rings. The second-order valence-corrected chi connectivity index (χ2v) is 11.8. The van der Waals surface area contributed by atoms with Crippen molar-refractivity contribution in [1.29, 1.82) is 0 Å². The Morgan fingerprint density at radius 2 is 1.47 bits per heavy atom. The van der Waals surface area contributed by atoms with Crippen LogP contribution in [-0.4, -0.2) is 49.4 Å². The zero-order valence-electron chi connectivity index (χ0n) is 21.2. The average molecular weight is 644 g/mol. The number of anilines is 1. The van der Waals surface area contributed by atoms with E-state index in [1.165, 1.54) is 30.3 Å². The lowest BCUT2D eigenvalue weighted by Gasteiger charge is -2.50. The van der Waals surface area contributed by atoms with Gasteiger partial charge in [-0.05, 0) is 24.8 Å². The molecule has 6 atom stereocenters. The van der Waals surface area contributed by atoms with Crippen molar-refractivity contribution < 1.29 is 51.0 Å². The standard InChI is InChI=1S/C27H16Cl2F5N3O6/c28-26-7-11-8(5-6-10-13(11)22(40)37(21(10)39)25(35)43)14(9-3-1-2-4-12(9)38)27(26,29)24(42)36(23(26)41)20-18(33)16(31)15(30)17(32)19(20)34/h1-5,10-11,13-14,38H,6-7H2,(H2,35,43)/t10-,11+,13-,14+,26+,27-/m0/s1. The number of imide groups is 4. The number of fused-ring (bicyclic) bond motifs is 4. The summed E-state index contributed by atoms with van der Waals surface area (Å²) in [6.45, 7) is 0. The van der Waals surface area contributed by atoms with Gasteiger partial charge in [0, 0.05) is 11.5 Å². The Balaban J connectivity index is 1.61. The number of carbonyl (C=O) groups excluding carboxylic acids is 5. The van der Waals surface area contributed by atoms with Gasteiger partial charge in [0.05, 0.1) is 11.8 Å². The highest BCUT2D eigenvalue weighted by atomic mass is 35.5. The zero-order chi connectivity index (χ0) is 31.5. The smallest absolute Gasteiger partial charge is 0.328 e. The number of phenols is 1. The van der Waals surface area contributed by atoms with Crippen molar-refractivity contribution in [3.63, 3.8) is 0 Å². The van der Waals surface area contributed by atoms with Crippen LogP contribution in [0, 0.1) is 46.8 Å². The van der Waals surface area contributed by atoms with E-state index in [1.54, 1.807) is 0 Å². The van der Waals surface area contributed by atoms with Gasteiger partial charge < -0.3 is 10.8 Å². The third-order valence-corrected chi connectivity index (χ3v) is 10.1. The van der Waals surface area contributed by atoms with Crippen LogP contribution < -0.4 is 10.6 Å². The number of primary amides is 1. The van der Waals surface area contributed by atoms with Crippen LogP contribution in [0.25, 0.3) is 0 Å². The number of nitrogens with zero attached hydrogens (tertiary/aromatic N) is 2. The number of rotatable bonds is 2. The Morgan fingerprint density at radius 3 is 2.05 bits per heavy atom. The Kier molecular flexibility index (Phi) is 6.23. The van der Waals surface area contributed by atoms with E-state index >= 15 is 0 Å². The quantitative estimate of drug-likeness (QED) is 0.128.